The Balaban J connectivity index is 4.03. The van der Waals surface area contributed by atoms with E-state index in [1.165, 1.54) is 0 Å². The van der Waals surface area contributed by atoms with Gasteiger partial charge in [0.05, 0.1) is 0 Å². The second-order valence-corrected chi connectivity index (χ2v) is 3.98. The number of rotatable bonds is 2. The lowest BCUT2D eigenvalue weighted by Gasteiger charge is -2.25. The van der Waals surface area contributed by atoms with Crippen LogP contribution in [0, 0.1) is 11.3 Å². The van der Waals surface area contributed by atoms with Crippen molar-refractivity contribution in [2.45, 2.75) is 34.6 Å². The molecule has 0 saturated carbocycles. The lowest BCUT2D eigenvalue weighted by molar-refractivity contribution is -0.127. The van der Waals surface area contributed by atoms with Crippen molar-refractivity contribution in [2.75, 3.05) is 6.54 Å². The number of hydrogen-bond donors (Lipinski definition) is 1. The summed E-state index contributed by atoms with van der Waals surface area (Å²) in [6, 6.07) is 0. The van der Waals surface area contributed by atoms with Gasteiger partial charge in [-0.2, -0.15) is 0 Å². The molecule has 0 spiro atoms. The normalized spacial score (nSPS) is 14.3. The van der Waals surface area contributed by atoms with Crippen molar-refractivity contribution < 1.29 is 4.79 Å². The van der Waals surface area contributed by atoms with Crippen LogP contribution >= 0.6 is 0 Å². The molecule has 0 aromatic rings. The zero-order valence-electron chi connectivity index (χ0n) is 8.19. The zero-order valence-corrected chi connectivity index (χ0v) is 8.19. The van der Waals surface area contributed by atoms with Crippen molar-refractivity contribution in [3.05, 3.63) is 0 Å². The minimum atomic E-state index is 0.0687. The van der Waals surface area contributed by atoms with Crippen molar-refractivity contribution in [3.8, 4) is 0 Å². The van der Waals surface area contributed by atoms with Crippen molar-refractivity contribution in [2.24, 2.45) is 11.3 Å². The molecular weight excluding hydrogens is 138 g/mol. The highest BCUT2D eigenvalue weighted by molar-refractivity contribution is 5.78. The fourth-order valence-electron chi connectivity index (χ4n) is 0.721. The van der Waals surface area contributed by atoms with E-state index < -0.39 is 0 Å². The molecule has 0 aliphatic rings. The number of nitrogens with one attached hydrogen (secondary N) is 1. The highest BCUT2D eigenvalue weighted by atomic mass is 16.1. The molecule has 0 bridgehead atoms. The van der Waals surface area contributed by atoms with Crippen LogP contribution < -0.4 is 5.32 Å². The summed E-state index contributed by atoms with van der Waals surface area (Å²) in [4.78, 5) is 11.3. The first-order valence-corrected chi connectivity index (χ1v) is 4.17. The van der Waals surface area contributed by atoms with Crippen molar-refractivity contribution in [1.29, 1.82) is 0 Å². The molecule has 0 rings (SSSR count). The van der Waals surface area contributed by atoms with Gasteiger partial charge >= 0.3 is 0 Å². The van der Waals surface area contributed by atoms with E-state index in [9.17, 15) is 4.79 Å². The molecule has 0 aliphatic heterocycles. The van der Waals surface area contributed by atoms with Crippen LogP contribution in [0.15, 0.2) is 0 Å². The lowest BCUT2D eigenvalue weighted by atomic mass is 9.81. The predicted octanol–water partition coefficient (Wildman–Crippen LogP) is 1.80. The molecule has 0 saturated heterocycles. The summed E-state index contributed by atoms with van der Waals surface area (Å²) in [6.45, 7) is 10.9. The van der Waals surface area contributed by atoms with Crippen LogP contribution in [-0.4, -0.2) is 12.5 Å². The van der Waals surface area contributed by atoms with Crippen LogP contribution in [0.1, 0.15) is 34.6 Å². The first kappa shape index (κ1) is 10.5. The Kier molecular flexibility index (Phi) is 3.56. The maximum Gasteiger partial charge on any atom is 0.223 e. The Morgan fingerprint density at radius 1 is 1.45 bits per heavy atom. The van der Waals surface area contributed by atoms with E-state index in [4.69, 9.17) is 0 Å². The van der Waals surface area contributed by atoms with Crippen LogP contribution in [0.2, 0.25) is 0 Å². The highest BCUT2D eigenvalue weighted by Crippen LogP contribution is 2.24. The first-order valence-electron chi connectivity index (χ1n) is 4.17. The average molecular weight is 157 g/mol. The standard InChI is InChI=1S/C9H19NO/c1-6-10-8(11)7(2)9(3,4)5/h7H,6H2,1-5H3,(H,10,11). The van der Waals surface area contributed by atoms with E-state index in [1.54, 1.807) is 0 Å². The summed E-state index contributed by atoms with van der Waals surface area (Å²) in [7, 11) is 0. The van der Waals surface area contributed by atoms with Gasteiger partial charge in [-0.05, 0) is 12.3 Å². The summed E-state index contributed by atoms with van der Waals surface area (Å²) in [6.07, 6.45) is 0. The Morgan fingerprint density at radius 3 is 2.18 bits per heavy atom. The number of carbonyl (C=O) groups is 1. The summed E-state index contributed by atoms with van der Waals surface area (Å²) in [5.41, 5.74) is 0.0687. The third kappa shape index (κ3) is 3.40. The van der Waals surface area contributed by atoms with Crippen molar-refractivity contribution in [1.82, 2.24) is 5.32 Å². The molecule has 0 radical (unpaired) electrons. The third-order valence-electron chi connectivity index (χ3n) is 2.04. The largest absolute Gasteiger partial charge is 0.356 e. The van der Waals surface area contributed by atoms with Crippen LogP contribution in [0.25, 0.3) is 0 Å². The Bertz CT molecular complexity index is 135. The van der Waals surface area contributed by atoms with Crippen LogP contribution in [0.3, 0.4) is 0 Å². The molecule has 1 unspecified atom stereocenters. The molecule has 0 aromatic heterocycles. The number of hydrogen-bond acceptors (Lipinski definition) is 1. The van der Waals surface area contributed by atoms with Crippen molar-refractivity contribution in [3.63, 3.8) is 0 Å². The molecule has 1 N–H and O–H groups in total. The average Bonchev–Trinajstić information content (AvgIpc) is 1.85. The van der Waals surface area contributed by atoms with Gasteiger partial charge in [-0.25, -0.2) is 0 Å². The minimum absolute atomic E-state index is 0.0687. The second kappa shape index (κ2) is 3.74. The molecule has 66 valence electrons. The van der Waals surface area contributed by atoms with Crippen LogP contribution in [0.4, 0.5) is 0 Å². The molecule has 2 heteroatoms. The molecule has 0 aromatic carbocycles. The number of carbonyl (C=O) groups excluding carboxylic acids is 1. The third-order valence-corrected chi connectivity index (χ3v) is 2.04. The molecule has 1 atom stereocenters. The lowest BCUT2D eigenvalue weighted by Crippen LogP contribution is -2.35. The van der Waals surface area contributed by atoms with E-state index in [0.29, 0.717) is 0 Å². The molecule has 11 heavy (non-hydrogen) atoms. The number of amides is 1. The maximum atomic E-state index is 11.3. The van der Waals surface area contributed by atoms with E-state index >= 15 is 0 Å². The molecule has 0 aliphatic carbocycles. The minimum Gasteiger partial charge on any atom is -0.356 e. The van der Waals surface area contributed by atoms with Gasteiger partial charge in [0.2, 0.25) is 5.91 Å². The van der Waals surface area contributed by atoms with Crippen LogP contribution in [0.5, 0.6) is 0 Å². The highest BCUT2D eigenvalue weighted by Gasteiger charge is 2.25. The van der Waals surface area contributed by atoms with Gasteiger partial charge in [0.25, 0.3) is 0 Å². The van der Waals surface area contributed by atoms with E-state index in [-0.39, 0.29) is 17.2 Å². The zero-order chi connectivity index (χ0) is 9.07. The SMILES string of the molecule is CCNC(=O)C(C)C(C)(C)C. The Labute approximate surface area is 69.4 Å². The second-order valence-electron chi connectivity index (χ2n) is 3.98. The topological polar surface area (TPSA) is 29.1 Å². The van der Waals surface area contributed by atoms with E-state index in [2.05, 4.69) is 26.1 Å². The predicted molar refractivity (Wildman–Crippen MR) is 47.3 cm³/mol. The smallest absolute Gasteiger partial charge is 0.223 e. The summed E-state index contributed by atoms with van der Waals surface area (Å²) in [5.74, 6) is 0.238. The fourth-order valence-corrected chi connectivity index (χ4v) is 0.721. The van der Waals surface area contributed by atoms with Gasteiger partial charge in [-0.3, -0.25) is 4.79 Å². The Hall–Kier alpha value is -0.530. The van der Waals surface area contributed by atoms with E-state index in [0.717, 1.165) is 6.54 Å². The van der Waals surface area contributed by atoms with Gasteiger partial charge < -0.3 is 5.32 Å². The van der Waals surface area contributed by atoms with E-state index in [1.807, 2.05) is 13.8 Å². The van der Waals surface area contributed by atoms with Gasteiger partial charge in [0, 0.05) is 12.5 Å². The molecule has 1 amide bonds. The van der Waals surface area contributed by atoms with Crippen LogP contribution in [-0.2, 0) is 4.79 Å². The molecular formula is C9H19NO. The van der Waals surface area contributed by atoms with Crippen molar-refractivity contribution >= 4 is 5.91 Å². The van der Waals surface area contributed by atoms with Gasteiger partial charge in [0.15, 0.2) is 0 Å². The van der Waals surface area contributed by atoms with Gasteiger partial charge in [-0.1, -0.05) is 27.7 Å². The van der Waals surface area contributed by atoms with Gasteiger partial charge in [-0.15, -0.1) is 0 Å². The quantitative estimate of drug-likeness (QED) is 0.650. The first-order chi connectivity index (χ1) is 4.89. The molecule has 0 heterocycles. The summed E-state index contributed by atoms with van der Waals surface area (Å²) in [5, 5.41) is 2.81. The summed E-state index contributed by atoms with van der Waals surface area (Å²) < 4.78 is 0. The fraction of sp³-hybridized carbons (Fsp3) is 0.889. The Morgan fingerprint density at radius 2 is 1.91 bits per heavy atom. The monoisotopic (exact) mass is 157 g/mol. The molecule has 2 nitrogen and oxygen atoms in total. The molecule has 0 fully saturated rings. The summed E-state index contributed by atoms with van der Waals surface area (Å²) >= 11 is 0. The van der Waals surface area contributed by atoms with Gasteiger partial charge in [0.1, 0.15) is 0 Å². The maximum absolute atomic E-state index is 11.3.